The molecule has 0 radical (unpaired) electrons. The van der Waals surface area contributed by atoms with Crippen molar-refractivity contribution in [2.45, 2.75) is 31.9 Å². The lowest BCUT2D eigenvalue weighted by atomic mass is 10.1. The molecule has 1 N–H and O–H groups in total. The molecule has 1 fully saturated rings. The molecule has 1 aliphatic rings. The maximum Gasteiger partial charge on any atom is 0.283 e. The number of carbonyl (C=O) groups is 1. The van der Waals surface area contributed by atoms with Gasteiger partial charge in [-0.25, -0.2) is 23.1 Å². The Hall–Kier alpha value is -4.31. The van der Waals surface area contributed by atoms with Crippen LogP contribution in [0.1, 0.15) is 35.3 Å². The number of nitrogens with one attached hydrogen (secondary N) is 1. The fourth-order valence-electron chi connectivity index (χ4n) is 4.76. The molecule has 4 aromatic heterocycles. The molecular weight excluding hydrogens is 499 g/mol. The highest BCUT2D eigenvalue weighted by atomic mass is 19.3. The number of H-pyrrole nitrogens is 1. The fraction of sp³-hybridized carbons (Fsp3) is 0.360. The maximum absolute atomic E-state index is 14.5. The summed E-state index contributed by atoms with van der Waals surface area (Å²) in [5.74, 6) is -1.92. The minimum atomic E-state index is -3.10. The van der Waals surface area contributed by atoms with Crippen LogP contribution in [0, 0.1) is 17.1 Å². The van der Waals surface area contributed by atoms with Crippen molar-refractivity contribution in [3.8, 4) is 17.3 Å². The van der Waals surface area contributed by atoms with Gasteiger partial charge in [-0.3, -0.25) is 19.4 Å². The van der Waals surface area contributed by atoms with E-state index >= 15 is 0 Å². The van der Waals surface area contributed by atoms with Crippen LogP contribution in [0.2, 0.25) is 0 Å². The fourth-order valence-corrected chi connectivity index (χ4v) is 4.76. The minimum Gasteiger partial charge on any atom is -0.346 e. The summed E-state index contributed by atoms with van der Waals surface area (Å²) in [6, 6.07) is 5.20. The summed E-state index contributed by atoms with van der Waals surface area (Å²) >= 11 is 0. The van der Waals surface area contributed by atoms with Gasteiger partial charge in [-0.15, -0.1) is 0 Å². The van der Waals surface area contributed by atoms with Crippen molar-refractivity contribution in [2.24, 2.45) is 0 Å². The van der Waals surface area contributed by atoms with Gasteiger partial charge in [0.2, 0.25) is 0 Å². The molecule has 0 spiro atoms. The van der Waals surface area contributed by atoms with Crippen LogP contribution in [0.5, 0.6) is 0 Å². The highest BCUT2D eigenvalue weighted by Gasteiger charge is 2.30. The average Bonchev–Trinajstić information content (AvgIpc) is 3.60. The second-order valence-corrected chi connectivity index (χ2v) is 8.95. The molecule has 5 rings (SSSR count). The Bertz CT molecular complexity index is 1470. The number of hydrogen-bond acceptors (Lipinski definition) is 7. The minimum absolute atomic E-state index is 0.0274. The van der Waals surface area contributed by atoms with Gasteiger partial charge < -0.3 is 9.88 Å². The predicted octanol–water partition coefficient (Wildman–Crippen LogP) is 3.42. The maximum atomic E-state index is 14.5. The summed E-state index contributed by atoms with van der Waals surface area (Å²) in [5.41, 5.74) is 0.911. The molecule has 10 nitrogen and oxygen atoms in total. The van der Waals surface area contributed by atoms with Crippen LogP contribution in [-0.4, -0.2) is 77.6 Å². The first kappa shape index (κ1) is 25.3. The first-order valence-electron chi connectivity index (χ1n) is 12.1. The van der Waals surface area contributed by atoms with Crippen molar-refractivity contribution in [3.63, 3.8) is 0 Å². The van der Waals surface area contributed by atoms with Gasteiger partial charge in [0.05, 0.1) is 30.1 Å². The van der Waals surface area contributed by atoms with E-state index in [1.54, 1.807) is 12.4 Å². The quantitative estimate of drug-likeness (QED) is 0.376. The molecule has 13 heteroatoms. The van der Waals surface area contributed by atoms with Crippen LogP contribution in [0.15, 0.2) is 43.2 Å². The number of nitriles is 1. The van der Waals surface area contributed by atoms with Gasteiger partial charge in [0.1, 0.15) is 17.7 Å². The lowest BCUT2D eigenvalue weighted by Crippen LogP contribution is -2.53. The lowest BCUT2D eigenvalue weighted by Gasteiger charge is -2.39. The number of pyridine rings is 1. The van der Waals surface area contributed by atoms with Crippen LogP contribution in [0.4, 0.5) is 13.2 Å². The molecule has 5 heterocycles. The van der Waals surface area contributed by atoms with Gasteiger partial charge in [-0.05, 0) is 18.6 Å². The van der Waals surface area contributed by atoms with Crippen LogP contribution < -0.4 is 0 Å². The van der Waals surface area contributed by atoms with Crippen molar-refractivity contribution < 1.29 is 18.0 Å². The molecule has 0 aliphatic carbocycles. The Kier molecular flexibility index (Phi) is 7.32. The summed E-state index contributed by atoms with van der Waals surface area (Å²) in [6.45, 7) is 2.09. The van der Waals surface area contributed by atoms with E-state index in [1.807, 2.05) is 16.9 Å². The molecule has 38 heavy (non-hydrogen) atoms. The zero-order valence-electron chi connectivity index (χ0n) is 20.3. The second-order valence-electron chi connectivity index (χ2n) is 8.95. The van der Waals surface area contributed by atoms with Crippen LogP contribution in [-0.2, 0) is 6.54 Å². The highest BCUT2D eigenvalue weighted by molar-refractivity contribution is 5.94. The summed E-state index contributed by atoms with van der Waals surface area (Å²) < 4.78 is 42.3. The second kappa shape index (κ2) is 11.0. The van der Waals surface area contributed by atoms with E-state index in [9.17, 15) is 23.2 Å². The van der Waals surface area contributed by atoms with E-state index in [0.717, 1.165) is 34.6 Å². The zero-order chi connectivity index (χ0) is 26.6. The topological polar surface area (TPSA) is 120 Å². The Morgan fingerprint density at radius 1 is 1.16 bits per heavy atom. The Morgan fingerprint density at radius 2 is 1.97 bits per heavy atom. The van der Waals surface area contributed by atoms with Gasteiger partial charge in [-0.2, -0.15) is 10.4 Å². The number of aromatic nitrogens is 6. The number of fused-ring (bicyclic) bond motifs is 1. The normalized spacial score (nSPS) is 15.2. The Morgan fingerprint density at radius 3 is 2.74 bits per heavy atom. The van der Waals surface area contributed by atoms with Crippen LogP contribution >= 0.6 is 0 Å². The van der Waals surface area contributed by atoms with Crippen molar-refractivity contribution >= 4 is 16.9 Å². The van der Waals surface area contributed by atoms with E-state index < -0.39 is 29.4 Å². The van der Waals surface area contributed by atoms with Crippen molar-refractivity contribution in [3.05, 3.63) is 60.3 Å². The first-order valence-corrected chi connectivity index (χ1v) is 12.1. The molecule has 4 aromatic rings. The Labute approximate surface area is 215 Å². The largest absolute Gasteiger partial charge is 0.346 e. The van der Waals surface area contributed by atoms with Gasteiger partial charge >= 0.3 is 0 Å². The Balaban J connectivity index is 1.27. The first-order chi connectivity index (χ1) is 18.5. The monoisotopic (exact) mass is 523 g/mol. The summed E-state index contributed by atoms with van der Waals surface area (Å²) in [6.07, 6.45) is 5.81. The molecule has 0 saturated carbocycles. The van der Waals surface area contributed by atoms with Gasteiger partial charge in [0.15, 0.2) is 5.82 Å². The van der Waals surface area contributed by atoms with Crippen LogP contribution in [0.25, 0.3) is 22.3 Å². The number of alkyl halides is 2. The summed E-state index contributed by atoms with van der Waals surface area (Å²) in [7, 11) is 0. The number of nitrogens with zero attached hydrogens (tertiary/aromatic N) is 8. The van der Waals surface area contributed by atoms with E-state index in [-0.39, 0.29) is 6.04 Å². The van der Waals surface area contributed by atoms with E-state index in [2.05, 4.69) is 36.0 Å². The number of amides is 1. The molecule has 1 saturated heterocycles. The van der Waals surface area contributed by atoms with Crippen molar-refractivity contribution in [2.75, 3.05) is 26.2 Å². The number of rotatable bonds is 8. The summed E-state index contributed by atoms with van der Waals surface area (Å²) in [5, 5.41) is 14.6. The molecule has 1 aliphatic heterocycles. The number of hydrogen-bond donors (Lipinski definition) is 1. The number of carbonyl (C=O) groups excluding carboxylic acids is 1. The smallest absolute Gasteiger partial charge is 0.283 e. The third-order valence-electron chi connectivity index (χ3n) is 6.72. The van der Waals surface area contributed by atoms with E-state index in [1.165, 1.54) is 11.2 Å². The summed E-state index contributed by atoms with van der Waals surface area (Å²) in [4.78, 5) is 31.5. The number of aromatic amines is 1. The molecule has 0 unspecified atom stereocenters. The SMILES string of the molecule is N#CCC[C@@H](Cn1cc(-c2ncnc3[nH]ccc23)cn1)N1CCN(C(=O)c2ccnc(C(F)F)c2F)CC1. The molecule has 1 atom stereocenters. The van der Waals surface area contributed by atoms with Crippen molar-refractivity contribution in [1.82, 2.24) is 39.5 Å². The van der Waals surface area contributed by atoms with Crippen LogP contribution in [0.3, 0.4) is 0 Å². The molecular formula is C25H24F3N9O. The van der Waals surface area contributed by atoms with E-state index in [0.29, 0.717) is 45.6 Å². The van der Waals surface area contributed by atoms with E-state index in [4.69, 9.17) is 0 Å². The average molecular weight is 524 g/mol. The van der Waals surface area contributed by atoms with Gasteiger partial charge in [-0.1, -0.05) is 0 Å². The molecule has 0 aromatic carbocycles. The van der Waals surface area contributed by atoms with Gasteiger partial charge in [0, 0.05) is 68.2 Å². The molecule has 1 amide bonds. The zero-order valence-corrected chi connectivity index (χ0v) is 20.3. The standard InChI is InChI=1S/C25H24F3N9O/c26-20-18(3-6-30-22(20)23(27)28)25(38)36-10-8-35(9-11-36)17(2-1-5-29)14-37-13-16(12-34-37)21-19-4-7-31-24(19)33-15-32-21/h3-4,6-7,12-13,15,17,23H,1-2,8-11,14H2,(H,31,32,33)/t17-/m0/s1. The lowest BCUT2D eigenvalue weighted by molar-refractivity contribution is 0.0530. The predicted molar refractivity (Wildman–Crippen MR) is 130 cm³/mol. The number of piperazine rings is 1. The highest BCUT2D eigenvalue weighted by Crippen LogP contribution is 2.25. The molecule has 0 bridgehead atoms. The van der Waals surface area contributed by atoms with Gasteiger partial charge in [0.25, 0.3) is 12.3 Å². The third-order valence-corrected chi connectivity index (χ3v) is 6.72. The third kappa shape index (κ3) is 5.08. The number of halogens is 3. The van der Waals surface area contributed by atoms with Crippen molar-refractivity contribution in [1.29, 1.82) is 5.26 Å². The molecule has 196 valence electrons.